The summed E-state index contributed by atoms with van der Waals surface area (Å²) in [5, 5.41) is 9.72. The summed E-state index contributed by atoms with van der Waals surface area (Å²) in [4.78, 5) is 11.6. The molecule has 0 saturated heterocycles. The van der Waals surface area contributed by atoms with Crippen molar-refractivity contribution in [1.82, 2.24) is 0 Å². The lowest BCUT2D eigenvalue weighted by atomic mass is 9.87. The lowest BCUT2D eigenvalue weighted by Gasteiger charge is -2.32. The first-order valence-corrected chi connectivity index (χ1v) is 8.57. The maximum Gasteiger partial charge on any atom is 0.316 e. The third-order valence-electron chi connectivity index (χ3n) is 4.24. The van der Waals surface area contributed by atoms with Crippen molar-refractivity contribution in [2.24, 2.45) is 5.92 Å². The molecule has 2 rings (SSSR count). The Hall–Kier alpha value is -0.960. The molecule has 1 aromatic rings. The topological polar surface area (TPSA) is 37.3 Å². The molecular formula is C17H24O2S. The molecule has 3 unspecified atom stereocenters. The summed E-state index contributed by atoms with van der Waals surface area (Å²) in [6.07, 6.45) is 6.83. The highest BCUT2D eigenvalue weighted by Crippen LogP contribution is 2.38. The normalized spacial score (nSPS) is 24.2. The van der Waals surface area contributed by atoms with Crippen LogP contribution in [-0.4, -0.2) is 21.6 Å². The van der Waals surface area contributed by atoms with Gasteiger partial charge in [0, 0.05) is 5.25 Å². The fraction of sp³-hybridized carbons (Fsp3) is 0.588. The highest BCUT2D eigenvalue weighted by Gasteiger charge is 2.29. The van der Waals surface area contributed by atoms with Crippen molar-refractivity contribution >= 4 is 17.7 Å². The van der Waals surface area contributed by atoms with Gasteiger partial charge in [-0.15, -0.1) is 11.8 Å². The summed E-state index contributed by atoms with van der Waals surface area (Å²) in [6, 6.07) is 9.98. The summed E-state index contributed by atoms with van der Waals surface area (Å²) in [6.45, 7) is 2.23. The number of carboxylic acid groups (broad SMARTS) is 1. The summed E-state index contributed by atoms with van der Waals surface area (Å²) < 4.78 is 0. The van der Waals surface area contributed by atoms with Gasteiger partial charge in [0.2, 0.25) is 0 Å². The van der Waals surface area contributed by atoms with Crippen molar-refractivity contribution in [3.63, 3.8) is 0 Å². The van der Waals surface area contributed by atoms with E-state index in [0.717, 1.165) is 5.56 Å². The molecule has 0 heterocycles. The second kappa shape index (κ2) is 7.72. The van der Waals surface area contributed by atoms with Crippen molar-refractivity contribution in [1.29, 1.82) is 0 Å². The molecule has 1 aliphatic rings. The monoisotopic (exact) mass is 292 g/mol. The summed E-state index contributed by atoms with van der Waals surface area (Å²) in [7, 11) is 0. The fourth-order valence-electron chi connectivity index (χ4n) is 3.05. The van der Waals surface area contributed by atoms with Crippen LogP contribution < -0.4 is 0 Å². The summed E-state index contributed by atoms with van der Waals surface area (Å²) in [5.41, 5.74) is 1.12. The molecule has 0 bridgehead atoms. The smallest absolute Gasteiger partial charge is 0.316 e. The van der Waals surface area contributed by atoms with Gasteiger partial charge in [0.15, 0.2) is 0 Å². The highest BCUT2D eigenvalue weighted by molar-refractivity contribution is 8.01. The minimum atomic E-state index is -0.667. The van der Waals surface area contributed by atoms with Crippen molar-refractivity contribution in [3.8, 4) is 0 Å². The predicted molar refractivity (Wildman–Crippen MR) is 85.2 cm³/mol. The molecule has 0 amide bonds. The molecule has 3 atom stereocenters. The Balaban J connectivity index is 2.00. The van der Waals surface area contributed by atoms with E-state index in [2.05, 4.69) is 6.92 Å². The zero-order chi connectivity index (χ0) is 14.4. The number of thioether (sulfide) groups is 1. The van der Waals surface area contributed by atoms with Gasteiger partial charge in [-0.3, -0.25) is 4.79 Å². The molecule has 2 nitrogen and oxygen atoms in total. The first-order chi connectivity index (χ1) is 9.70. The van der Waals surface area contributed by atoms with Crippen LogP contribution in [0.5, 0.6) is 0 Å². The first kappa shape index (κ1) is 15.4. The molecule has 0 radical (unpaired) electrons. The third kappa shape index (κ3) is 4.27. The van der Waals surface area contributed by atoms with E-state index in [0.29, 0.717) is 17.6 Å². The molecule has 3 heteroatoms. The van der Waals surface area contributed by atoms with Gasteiger partial charge in [0.05, 0.1) is 0 Å². The molecule has 0 spiro atoms. The van der Waals surface area contributed by atoms with Crippen LogP contribution in [-0.2, 0) is 11.2 Å². The fourth-order valence-corrected chi connectivity index (χ4v) is 4.73. The van der Waals surface area contributed by atoms with Gasteiger partial charge in [-0.05, 0) is 30.7 Å². The number of rotatable bonds is 6. The molecule has 1 aromatic carbocycles. The van der Waals surface area contributed by atoms with Crippen molar-refractivity contribution in [2.45, 2.75) is 55.9 Å². The quantitative estimate of drug-likeness (QED) is 0.845. The van der Waals surface area contributed by atoms with Crippen molar-refractivity contribution < 1.29 is 9.90 Å². The lowest BCUT2D eigenvalue weighted by Crippen LogP contribution is -2.28. The van der Waals surface area contributed by atoms with Gasteiger partial charge in [-0.25, -0.2) is 0 Å². The molecular weight excluding hydrogens is 268 g/mol. The van der Waals surface area contributed by atoms with Crippen LogP contribution in [0, 0.1) is 5.92 Å². The van der Waals surface area contributed by atoms with Gasteiger partial charge < -0.3 is 5.11 Å². The summed E-state index contributed by atoms with van der Waals surface area (Å²) >= 11 is 1.70. The maximum absolute atomic E-state index is 11.6. The molecule has 0 aliphatic heterocycles. The zero-order valence-corrected chi connectivity index (χ0v) is 12.9. The van der Waals surface area contributed by atoms with E-state index < -0.39 is 5.97 Å². The average Bonchev–Trinajstić information content (AvgIpc) is 2.48. The Morgan fingerprint density at radius 1 is 1.30 bits per heavy atom. The molecule has 1 saturated carbocycles. The Bertz CT molecular complexity index is 418. The minimum Gasteiger partial charge on any atom is -0.480 e. The Labute approximate surface area is 126 Å². The molecule has 1 aliphatic carbocycles. The van der Waals surface area contributed by atoms with Crippen molar-refractivity contribution in [2.75, 3.05) is 0 Å². The van der Waals surface area contributed by atoms with E-state index in [-0.39, 0.29) is 5.25 Å². The van der Waals surface area contributed by atoms with Gasteiger partial charge in [-0.1, -0.05) is 56.5 Å². The highest BCUT2D eigenvalue weighted by atomic mass is 32.2. The van der Waals surface area contributed by atoms with E-state index in [1.807, 2.05) is 30.3 Å². The number of hydrogen-bond donors (Lipinski definition) is 1. The van der Waals surface area contributed by atoms with Gasteiger partial charge in [-0.2, -0.15) is 0 Å². The van der Waals surface area contributed by atoms with Crippen LogP contribution in [0.15, 0.2) is 30.3 Å². The number of aliphatic carboxylic acids is 1. The molecule has 1 fully saturated rings. The Morgan fingerprint density at radius 3 is 2.65 bits per heavy atom. The Morgan fingerprint density at radius 2 is 2.00 bits per heavy atom. The molecule has 0 aromatic heterocycles. The summed E-state index contributed by atoms with van der Waals surface area (Å²) in [5.74, 6) is 0.0330. The largest absolute Gasteiger partial charge is 0.480 e. The van der Waals surface area contributed by atoms with E-state index in [9.17, 15) is 9.90 Å². The van der Waals surface area contributed by atoms with E-state index in [1.165, 1.54) is 32.1 Å². The average molecular weight is 292 g/mol. The lowest BCUT2D eigenvalue weighted by molar-refractivity contribution is -0.136. The molecule has 1 N–H and O–H groups in total. The minimum absolute atomic E-state index is 0.311. The van der Waals surface area contributed by atoms with Crippen LogP contribution in [0.3, 0.4) is 0 Å². The Kier molecular flexibility index (Phi) is 5.96. The molecule has 20 heavy (non-hydrogen) atoms. The van der Waals surface area contributed by atoms with E-state index >= 15 is 0 Å². The second-order valence-electron chi connectivity index (χ2n) is 5.64. The number of benzene rings is 1. The van der Waals surface area contributed by atoms with Crippen LogP contribution in [0.1, 0.15) is 44.6 Å². The maximum atomic E-state index is 11.6. The standard InChI is InChI=1S/C17H24O2S/c1-2-14-10-6-7-11-15(14)20-16(17(18)19)12-13-8-4-3-5-9-13/h3-5,8-9,14-16H,2,6-7,10-12H2,1H3,(H,18,19). The first-order valence-electron chi connectivity index (χ1n) is 7.63. The van der Waals surface area contributed by atoms with E-state index in [4.69, 9.17) is 0 Å². The van der Waals surface area contributed by atoms with Crippen LogP contribution in [0.4, 0.5) is 0 Å². The second-order valence-corrected chi connectivity index (χ2v) is 7.09. The zero-order valence-electron chi connectivity index (χ0n) is 12.1. The van der Waals surface area contributed by atoms with Crippen LogP contribution in [0.25, 0.3) is 0 Å². The molecule has 110 valence electrons. The van der Waals surface area contributed by atoms with E-state index in [1.54, 1.807) is 11.8 Å². The number of carboxylic acids is 1. The van der Waals surface area contributed by atoms with Crippen molar-refractivity contribution in [3.05, 3.63) is 35.9 Å². The van der Waals surface area contributed by atoms with Gasteiger partial charge in [0.1, 0.15) is 5.25 Å². The number of hydrogen-bond acceptors (Lipinski definition) is 2. The predicted octanol–water partition coefficient (Wildman–Crippen LogP) is 4.38. The number of carbonyl (C=O) groups is 1. The van der Waals surface area contributed by atoms with Crippen LogP contribution in [0.2, 0.25) is 0 Å². The van der Waals surface area contributed by atoms with Crippen LogP contribution >= 0.6 is 11.8 Å². The van der Waals surface area contributed by atoms with Gasteiger partial charge in [0.25, 0.3) is 0 Å². The van der Waals surface area contributed by atoms with Gasteiger partial charge >= 0.3 is 5.97 Å². The SMILES string of the molecule is CCC1CCCCC1SC(Cc1ccccc1)C(=O)O. The third-order valence-corrected chi connectivity index (χ3v) is 5.91.